The Bertz CT molecular complexity index is 464. The fraction of sp³-hybridized carbons (Fsp3) is 0.154. The van der Waals surface area contributed by atoms with E-state index in [4.69, 9.17) is 11.6 Å². The van der Waals surface area contributed by atoms with Crippen molar-refractivity contribution in [1.82, 2.24) is 4.57 Å². The van der Waals surface area contributed by atoms with Crippen molar-refractivity contribution in [3.05, 3.63) is 59.9 Å². The molecule has 0 saturated heterocycles. The fourth-order valence-corrected chi connectivity index (χ4v) is 1.90. The molecule has 81 valence electrons. The number of rotatable bonds is 4. The topological polar surface area (TPSA) is 22.0 Å². The Morgan fingerprint density at radius 2 is 1.94 bits per heavy atom. The minimum atomic E-state index is -0.138. The van der Waals surface area contributed by atoms with E-state index in [9.17, 15) is 4.79 Å². The molecule has 2 rings (SSSR count). The van der Waals surface area contributed by atoms with Gasteiger partial charge in [0.25, 0.3) is 6.29 Å². The maximum absolute atomic E-state index is 10.6. The van der Waals surface area contributed by atoms with E-state index in [1.807, 2.05) is 48.9 Å². The first kappa shape index (κ1) is 11.0. The lowest BCUT2D eigenvalue weighted by Crippen LogP contribution is -2.06. The molecule has 0 bridgehead atoms. The average Bonchev–Trinajstić information content (AvgIpc) is 2.77. The van der Waals surface area contributed by atoms with Gasteiger partial charge in [-0.1, -0.05) is 30.3 Å². The first-order chi connectivity index (χ1) is 7.81. The average molecular weight is 233 g/mol. The minimum Gasteiger partial charge on any atom is -0.343 e. The Balaban J connectivity index is 2.14. The van der Waals surface area contributed by atoms with Crippen molar-refractivity contribution in [3.63, 3.8) is 0 Å². The van der Waals surface area contributed by atoms with Gasteiger partial charge in [-0.25, -0.2) is 0 Å². The van der Waals surface area contributed by atoms with Crippen LogP contribution >= 0.6 is 11.6 Å². The summed E-state index contributed by atoms with van der Waals surface area (Å²) >= 11 is 6.28. The molecule has 1 radical (unpaired) electrons. The quantitative estimate of drug-likeness (QED) is 0.743. The molecule has 3 heteroatoms. The first-order valence-electron chi connectivity index (χ1n) is 5.03. The van der Waals surface area contributed by atoms with E-state index in [2.05, 4.69) is 0 Å². The van der Waals surface area contributed by atoms with E-state index in [0.29, 0.717) is 12.2 Å². The number of halogens is 1. The Morgan fingerprint density at radius 1 is 1.19 bits per heavy atom. The van der Waals surface area contributed by atoms with Gasteiger partial charge in [0.05, 0.1) is 11.1 Å². The van der Waals surface area contributed by atoms with Crippen LogP contribution in [0.15, 0.2) is 48.7 Å². The molecule has 0 saturated carbocycles. The summed E-state index contributed by atoms with van der Waals surface area (Å²) in [4.78, 5) is 10.6. The lowest BCUT2D eigenvalue weighted by Gasteiger charge is -2.11. The number of alkyl halides is 1. The van der Waals surface area contributed by atoms with Crippen LogP contribution in [-0.2, 0) is 11.3 Å². The van der Waals surface area contributed by atoms with Crippen LogP contribution in [0.3, 0.4) is 0 Å². The molecule has 0 amide bonds. The van der Waals surface area contributed by atoms with Crippen molar-refractivity contribution < 1.29 is 4.79 Å². The van der Waals surface area contributed by atoms with Gasteiger partial charge in [0, 0.05) is 12.7 Å². The highest BCUT2D eigenvalue weighted by Gasteiger charge is 2.09. The molecule has 0 aliphatic carbocycles. The van der Waals surface area contributed by atoms with Gasteiger partial charge in [-0.3, -0.25) is 4.79 Å². The predicted molar refractivity (Wildman–Crippen MR) is 64.3 cm³/mol. The van der Waals surface area contributed by atoms with Crippen LogP contribution in [-0.4, -0.2) is 10.9 Å². The summed E-state index contributed by atoms with van der Waals surface area (Å²) < 4.78 is 1.80. The zero-order chi connectivity index (χ0) is 11.4. The van der Waals surface area contributed by atoms with E-state index < -0.39 is 0 Å². The third kappa shape index (κ3) is 2.34. The summed E-state index contributed by atoms with van der Waals surface area (Å²) in [7, 11) is 0. The third-order valence-electron chi connectivity index (χ3n) is 2.45. The summed E-state index contributed by atoms with van der Waals surface area (Å²) in [5.41, 5.74) is 1.58. The van der Waals surface area contributed by atoms with Crippen LogP contribution in [0.1, 0.15) is 16.6 Å². The zero-order valence-electron chi connectivity index (χ0n) is 8.64. The summed E-state index contributed by atoms with van der Waals surface area (Å²) in [5, 5.41) is -0.138. The summed E-state index contributed by atoms with van der Waals surface area (Å²) in [6, 6.07) is 13.3. The van der Waals surface area contributed by atoms with Crippen molar-refractivity contribution in [2.45, 2.75) is 11.9 Å². The van der Waals surface area contributed by atoms with Gasteiger partial charge < -0.3 is 4.57 Å². The second-order valence-corrected chi connectivity index (χ2v) is 4.05. The van der Waals surface area contributed by atoms with Gasteiger partial charge in [-0.05, 0) is 17.7 Å². The Labute approximate surface area is 99.5 Å². The van der Waals surface area contributed by atoms with Crippen LogP contribution in [0.4, 0.5) is 0 Å². The molecule has 16 heavy (non-hydrogen) atoms. The maximum atomic E-state index is 10.6. The first-order valence-corrected chi connectivity index (χ1v) is 5.47. The molecule has 2 aromatic rings. The molecule has 1 atom stereocenters. The maximum Gasteiger partial charge on any atom is 0.251 e. The monoisotopic (exact) mass is 232 g/mol. The van der Waals surface area contributed by atoms with Gasteiger partial charge in [-0.15, -0.1) is 11.6 Å². The number of nitrogens with zero attached hydrogens (tertiary/aromatic N) is 1. The van der Waals surface area contributed by atoms with Crippen molar-refractivity contribution in [3.8, 4) is 0 Å². The minimum absolute atomic E-state index is 0.138. The Kier molecular flexibility index (Phi) is 3.42. The van der Waals surface area contributed by atoms with Crippen molar-refractivity contribution in [2.24, 2.45) is 0 Å². The number of carbonyl (C=O) groups excluding carboxylic acids is 1. The van der Waals surface area contributed by atoms with Gasteiger partial charge in [0.15, 0.2) is 0 Å². The van der Waals surface area contributed by atoms with E-state index in [1.54, 1.807) is 10.6 Å². The lowest BCUT2D eigenvalue weighted by molar-refractivity contribution is 0.556. The van der Waals surface area contributed by atoms with Crippen LogP contribution in [0, 0.1) is 0 Å². The molecule has 0 spiro atoms. The SMILES string of the molecule is O=[C]c1cccn1CC(Cl)c1ccccc1. The van der Waals surface area contributed by atoms with E-state index in [1.165, 1.54) is 0 Å². The normalized spacial score (nSPS) is 12.3. The molecule has 0 aliphatic rings. The second kappa shape index (κ2) is 4.99. The smallest absolute Gasteiger partial charge is 0.251 e. The van der Waals surface area contributed by atoms with Crippen LogP contribution < -0.4 is 0 Å². The zero-order valence-corrected chi connectivity index (χ0v) is 9.39. The highest BCUT2D eigenvalue weighted by molar-refractivity contribution is 6.20. The van der Waals surface area contributed by atoms with Crippen LogP contribution in [0.2, 0.25) is 0 Å². The van der Waals surface area contributed by atoms with Crippen LogP contribution in [0.5, 0.6) is 0 Å². The van der Waals surface area contributed by atoms with Crippen molar-refractivity contribution in [1.29, 1.82) is 0 Å². The summed E-state index contributed by atoms with van der Waals surface area (Å²) in [5.74, 6) is 0. The molecular formula is C13H11ClNO. The van der Waals surface area contributed by atoms with Crippen LogP contribution in [0.25, 0.3) is 0 Å². The second-order valence-electron chi connectivity index (χ2n) is 3.53. The van der Waals surface area contributed by atoms with Crippen molar-refractivity contribution >= 4 is 17.9 Å². The molecule has 2 nitrogen and oxygen atoms in total. The molecule has 1 heterocycles. The van der Waals surface area contributed by atoms with E-state index in [-0.39, 0.29) is 5.38 Å². The highest BCUT2D eigenvalue weighted by Crippen LogP contribution is 2.22. The lowest BCUT2D eigenvalue weighted by atomic mass is 10.1. The Morgan fingerprint density at radius 3 is 2.62 bits per heavy atom. The van der Waals surface area contributed by atoms with Gasteiger partial charge in [-0.2, -0.15) is 0 Å². The third-order valence-corrected chi connectivity index (χ3v) is 2.84. The van der Waals surface area contributed by atoms with Crippen molar-refractivity contribution in [2.75, 3.05) is 0 Å². The Hall–Kier alpha value is -1.54. The molecule has 1 unspecified atom stereocenters. The van der Waals surface area contributed by atoms with Gasteiger partial charge in [0.2, 0.25) is 0 Å². The highest BCUT2D eigenvalue weighted by atomic mass is 35.5. The number of hydrogen-bond donors (Lipinski definition) is 0. The number of aromatic nitrogens is 1. The summed E-state index contributed by atoms with van der Waals surface area (Å²) in [6.07, 6.45) is 3.72. The number of benzene rings is 1. The van der Waals surface area contributed by atoms with Gasteiger partial charge >= 0.3 is 0 Å². The molecule has 0 fully saturated rings. The molecule has 0 aliphatic heterocycles. The molecule has 0 N–H and O–H groups in total. The predicted octanol–water partition coefficient (Wildman–Crippen LogP) is 2.93. The van der Waals surface area contributed by atoms with Gasteiger partial charge in [0.1, 0.15) is 0 Å². The molecule has 1 aromatic heterocycles. The van der Waals surface area contributed by atoms with E-state index in [0.717, 1.165) is 5.56 Å². The molecular weight excluding hydrogens is 222 g/mol. The van der Waals surface area contributed by atoms with E-state index >= 15 is 0 Å². The molecule has 1 aromatic carbocycles. The fourth-order valence-electron chi connectivity index (χ4n) is 1.61. The summed E-state index contributed by atoms with van der Waals surface area (Å²) in [6.45, 7) is 0.573. The largest absolute Gasteiger partial charge is 0.343 e. The standard InChI is InChI=1S/C13H11ClNO/c14-13(11-5-2-1-3-6-11)9-15-8-4-7-12(15)10-16/h1-8,13H,9H2. The number of hydrogen-bond acceptors (Lipinski definition) is 1.